The second kappa shape index (κ2) is 6.58. The molecule has 0 spiro atoms. The zero-order chi connectivity index (χ0) is 15.5. The summed E-state index contributed by atoms with van der Waals surface area (Å²) in [7, 11) is 1.41. The molecule has 1 heterocycles. The minimum absolute atomic E-state index is 0.00771. The molecule has 0 radical (unpaired) electrons. The number of hydrogen-bond donors (Lipinski definition) is 0. The molecule has 20 heavy (non-hydrogen) atoms. The maximum atomic E-state index is 12.1. The number of rotatable bonds is 6. The number of hydrogen-bond acceptors (Lipinski definition) is 4. The van der Waals surface area contributed by atoms with E-state index in [9.17, 15) is 13.2 Å². The second-order valence-corrected chi connectivity index (χ2v) is 7.24. The first-order valence-corrected chi connectivity index (χ1v) is 8.81. The van der Waals surface area contributed by atoms with Crippen LogP contribution in [0.4, 0.5) is 0 Å². The summed E-state index contributed by atoms with van der Waals surface area (Å²) in [5.41, 5.74) is 0. The highest BCUT2D eigenvalue weighted by Crippen LogP contribution is 2.20. The van der Waals surface area contributed by atoms with E-state index in [2.05, 4.69) is 4.98 Å². The number of carbonyl (C=O) groups excluding carboxylic acids is 1. The van der Waals surface area contributed by atoms with Crippen LogP contribution in [-0.4, -0.2) is 41.9 Å². The van der Waals surface area contributed by atoms with E-state index in [1.807, 2.05) is 27.7 Å². The number of likely N-dealkylation sites (N-methyl/N-ethyl adjacent to an activating group) is 1. The molecule has 0 aromatic carbocycles. The molecule has 0 N–H and O–H groups in total. The normalized spacial score (nSPS) is 11.9. The Hall–Kier alpha value is -1.08. The molecule has 0 unspecified atom stereocenters. The van der Waals surface area contributed by atoms with Gasteiger partial charge in [-0.2, -0.15) is 0 Å². The SMILES string of the molecule is CCN(CC)C(=O)Cn1cc(S(=O)(=O)Cl)nc1C(C)C. The minimum atomic E-state index is -3.89. The van der Waals surface area contributed by atoms with E-state index in [4.69, 9.17) is 10.7 Å². The van der Waals surface area contributed by atoms with Crippen molar-refractivity contribution < 1.29 is 13.2 Å². The van der Waals surface area contributed by atoms with Gasteiger partial charge in [0.25, 0.3) is 9.05 Å². The Morgan fingerprint density at radius 3 is 2.35 bits per heavy atom. The van der Waals surface area contributed by atoms with Crippen LogP contribution < -0.4 is 0 Å². The van der Waals surface area contributed by atoms with Crippen LogP contribution >= 0.6 is 10.7 Å². The molecule has 114 valence electrons. The van der Waals surface area contributed by atoms with Crippen LogP contribution in [0.5, 0.6) is 0 Å². The van der Waals surface area contributed by atoms with Gasteiger partial charge in [0.2, 0.25) is 5.91 Å². The average Bonchev–Trinajstić information content (AvgIpc) is 2.74. The predicted molar refractivity (Wildman–Crippen MR) is 77.3 cm³/mol. The maximum absolute atomic E-state index is 12.1. The van der Waals surface area contributed by atoms with Crippen molar-refractivity contribution in [3.05, 3.63) is 12.0 Å². The van der Waals surface area contributed by atoms with Crippen molar-refractivity contribution in [3.8, 4) is 0 Å². The Bertz CT molecular complexity index is 577. The van der Waals surface area contributed by atoms with Gasteiger partial charge < -0.3 is 9.47 Å². The first-order chi connectivity index (χ1) is 9.20. The second-order valence-electron chi connectivity index (χ2n) is 4.72. The molecule has 0 atom stereocenters. The molecule has 1 aromatic rings. The third-order valence-electron chi connectivity index (χ3n) is 2.97. The first-order valence-electron chi connectivity index (χ1n) is 6.50. The third kappa shape index (κ3) is 3.96. The zero-order valence-electron chi connectivity index (χ0n) is 12.1. The van der Waals surface area contributed by atoms with Crippen LogP contribution in [0.15, 0.2) is 11.2 Å². The summed E-state index contributed by atoms with van der Waals surface area (Å²) in [6.45, 7) is 8.84. The van der Waals surface area contributed by atoms with E-state index in [1.165, 1.54) is 6.20 Å². The number of halogens is 1. The van der Waals surface area contributed by atoms with E-state index in [1.54, 1.807) is 9.47 Å². The monoisotopic (exact) mass is 321 g/mol. The molecule has 1 aromatic heterocycles. The van der Waals surface area contributed by atoms with E-state index >= 15 is 0 Å². The Morgan fingerprint density at radius 2 is 1.95 bits per heavy atom. The van der Waals surface area contributed by atoms with Gasteiger partial charge in [-0.3, -0.25) is 4.79 Å². The van der Waals surface area contributed by atoms with Gasteiger partial charge in [0.05, 0.1) is 0 Å². The minimum Gasteiger partial charge on any atom is -0.342 e. The van der Waals surface area contributed by atoms with Gasteiger partial charge >= 0.3 is 0 Å². The number of amides is 1. The molecule has 0 aliphatic carbocycles. The number of carbonyl (C=O) groups is 1. The molecule has 0 aliphatic heterocycles. The van der Waals surface area contributed by atoms with Gasteiger partial charge in [-0.1, -0.05) is 13.8 Å². The highest BCUT2D eigenvalue weighted by molar-refractivity contribution is 8.13. The van der Waals surface area contributed by atoms with Gasteiger partial charge in [0.15, 0.2) is 5.03 Å². The van der Waals surface area contributed by atoms with Crippen molar-refractivity contribution in [1.82, 2.24) is 14.5 Å². The third-order valence-corrected chi connectivity index (χ3v) is 4.14. The van der Waals surface area contributed by atoms with Crippen LogP contribution in [0.1, 0.15) is 39.4 Å². The summed E-state index contributed by atoms with van der Waals surface area (Å²) in [5.74, 6) is 0.448. The van der Waals surface area contributed by atoms with E-state index in [0.29, 0.717) is 18.9 Å². The fraction of sp³-hybridized carbons (Fsp3) is 0.667. The molecule has 0 bridgehead atoms. The lowest BCUT2D eigenvalue weighted by molar-refractivity contribution is -0.131. The summed E-state index contributed by atoms with van der Waals surface area (Å²) < 4.78 is 24.3. The van der Waals surface area contributed by atoms with Crippen molar-refractivity contribution in [2.75, 3.05) is 13.1 Å². The standard InChI is InChI=1S/C12H20ClN3O3S/c1-5-15(6-2)11(17)8-16-7-10(20(13,18)19)14-12(16)9(3)4/h7,9H,5-6,8H2,1-4H3. The van der Waals surface area contributed by atoms with Crippen molar-refractivity contribution in [2.45, 2.75) is 45.2 Å². The lowest BCUT2D eigenvalue weighted by atomic mass is 10.2. The number of imidazole rings is 1. The van der Waals surface area contributed by atoms with Crippen molar-refractivity contribution in [3.63, 3.8) is 0 Å². The Labute approximate surface area is 124 Å². The Kier molecular flexibility index (Phi) is 5.59. The molecule has 6 nitrogen and oxygen atoms in total. The zero-order valence-corrected chi connectivity index (χ0v) is 13.7. The molecule has 0 fully saturated rings. The van der Waals surface area contributed by atoms with E-state index < -0.39 is 9.05 Å². The van der Waals surface area contributed by atoms with Crippen LogP contribution in [0.3, 0.4) is 0 Å². The van der Waals surface area contributed by atoms with Crippen molar-refractivity contribution in [2.24, 2.45) is 0 Å². The highest BCUT2D eigenvalue weighted by Gasteiger charge is 2.21. The molecular weight excluding hydrogens is 302 g/mol. The largest absolute Gasteiger partial charge is 0.342 e. The quantitative estimate of drug-likeness (QED) is 0.749. The number of nitrogens with zero attached hydrogens (tertiary/aromatic N) is 3. The van der Waals surface area contributed by atoms with E-state index in [-0.39, 0.29) is 23.4 Å². The maximum Gasteiger partial charge on any atom is 0.280 e. The summed E-state index contributed by atoms with van der Waals surface area (Å²) >= 11 is 0. The molecule has 1 amide bonds. The van der Waals surface area contributed by atoms with Gasteiger partial charge in [0, 0.05) is 35.9 Å². The average molecular weight is 322 g/mol. The summed E-state index contributed by atoms with van der Waals surface area (Å²) in [4.78, 5) is 17.8. The van der Waals surface area contributed by atoms with Crippen LogP contribution in [0.25, 0.3) is 0 Å². The van der Waals surface area contributed by atoms with Crippen molar-refractivity contribution in [1.29, 1.82) is 0 Å². The predicted octanol–water partition coefficient (Wildman–Crippen LogP) is 1.80. The lowest BCUT2D eigenvalue weighted by Crippen LogP contribution is -2.33. The first kappa shape index (κ1) is 17.0. The van der Waals surface area contributed by atoms with Gasteiger partial charge in [-0.25, -0.2) is 13.4 Å². The summed E-state index contributed by atoms with van der Waals surface area (Å²) in [6.07, 6.45) is 1.32. The smallest absolute Gasteiger partial charge is 0.280 e. The van der Waals surface area contributed by atoms with Crippen LogP contribution in [0.2, 0.25) is 0 Å². The topological polar surface area (TPSA) is 72.3 Å². The molecule has 0 saturated carbocycles. The Morgan fingerprint density at radius 1 is 1.40 bits per heavy atom. The molecule has 0 aliphatic rings. The van der Waals surface area contributed by atoms with Gasteiger partial charge in [-0.05, 0) is 13.8 Å². The van der Waals surface area contributed by atoms with Gasteiger partial charge in [0.1, 0.15) is 12.4 Å². The summed E-state index contributed by atoms with van der Waals surface area (Å²) in [6, 6.07) is 0. The molecule has 1 rings (SSSR count). The van der Waals surface area contributed by atoms with E-state index in [0.717, 1.165) is 0 Å². The fourth-order valence-electron chi connectivity index (χ4n) is 1.93. The Balaban J connectivity index is 3.11. The summed E-state index contributed by atoms with van der Waals surface area (Å²) in [5, 5.41) is -0.213. The van der Waals surface area contributed by atoms with Crippen molar-refractivity contribution >= 4 is 25.6 Å². The van der Waals surface area contributed by atoms with Gasteiger partial charge in [-0.15, -0.1) is 0 Å². The molecule has 8 heteroatoms. The molecule has 0 saturated heterocycles. The highest BCUT2D eigenvalue weighted by atomic mass is 35.7. The number of aromatic nitrogens is 2. The fourth-order valence-corrected chi connectivity index (χ4v) is 2.61. The lowest BCUT2D eigenvalue weighted by Gasteiger charge is -2.19. The van der Waals surface area contributed by atoms with Crippen LogP contribution in [-0.2, 0) is 20.4 Å². The van der Waals surface area contributed by atoms with Crippen LogP contribution in [0, 0.1) is 0 Å². The molecular formula is C12H20ClN3O3S.